The van der Waals surface area contributed by atoms with Gasteiger partial charge in [0.2, 0.25) is 0 Å². The van der Waals surface area contributed by atoms with E-state index in [1.165, 1.54) is 12.1 Å². The van der Waals surface area contributed by atoms with Crippen LogP contribution in [0.1, 0.15) is 34.6 Å². The Morgan fingerprint density at radius 3 is 2.65 bits per heavy atom. The van der Waals surface area contributed by atoms with Gasteiger partial charge in [-0.05, 0) is 51.1 Å². The maximum absolute atomic E-state index is 13.7. The molecule has 0 bridgehead atoms. The number of fused-ring (bicyclic) bond motifs is 3. The minimum absolute atomic E-state index is 0.213. The van der Waals surface area contributed by atoms with Gasteiger partial charge in [-0.25, -0.2) is 4.39 Å². The van der Waals surface area contributed by atoms with E-state index in [0.29, 0.717) is 5.56 Å². The van der Waals surface area contributed by atoms with E-state index < -0.39 is 11.4 Å². The Labute approximate surface area is 163 Å². The number of halogens is 1. The fraction of sp³-hybridized carbons (Fsp3) is 0.200. The van der Waals surface area contributed by atoms with Gasteiger partial charge in [0.1, 0.15) is 9.64 Å². The van der Waals surface area contributed by atoms with Crippen LogP contribution >= 0.6 is 32.9 Å². The molecule has 26 heavy (non-hydrogen) atoms. The lowest BCUT2D eigenvalue weighted by atomic mass is 9.86. The van der Waals surface area contributed by atoms with Gasteiger partial charge in [-0.1, -0.05) is 50.6 Å². The number of carbonyl (C=O) groups is 1. The number of carbonyl (C=O) groups excluding carboxylic acids is 1. The predicted octanol–water partition coefficient (Wildman–Crippen LogP) is 6.55. The average Bonchev–Trinajstić information content (AvgIpc) is 2.98. The molecule has 4 rings (SSSR count). The highest BCUT2D eigenvalue weighted by atomic mass is 32.9. The lowest BCUT2D eigenvalue weighted by molar-refractivity contribution is 0.0961. The molecule has 0 spiro atoms. The van der Waals surface area contributed by atoms with Gasteiger partial charge in [0.25, 0.3) is 5.91 Å². The number of hydrogen-bond donors (Lipinski definition) is 0. The van der Waals surface area contributed by atoms with E-state index in [0.717, 1.165) is 31.1 Å². The van der Waals surface area contributed by atoms with Gasteiger partial charge in [-0.2, -0.15) is 0 Å². The summed E-state index contributed by atoms with van der Waals surface area (Å²) >= 11 is 5.59. The highest BCUT2D eigenvalue weighted by Gasteiger charge is 2.43. The summed E-state index contributed by atoms with van der Waals surface area (Å²) in [5.74, 6) is -0.628. The Hall–Kier alpha value is -1.89. The molecule has 1 aliphatic heterocycles. The summed E-state index contributed by atoms with van der Waals surface area (Å²) in [5, 5.41) is 0. The third-order valence-electron chi connectivity index (χ3n) is 4.68. The lowest BCUT2D eigenvalue weighted by Gasteiger charge is -2.43. The van der Waals surface area contributed by atoms with Gasteiger partial charge in [0.05, 0.1) is 16.1 Å². The zero-order chi connectivity index (χ0) is 18.6. The summed E-state index contributed by atoms with van der Waals surface area (Å²) in [6, 6.07) is 11.9. The van der Waals surface area contributed by atoms with Crippen molar-refractivity contribution >= 4 is 44.5 Å². The normalized spacial score (nSPS) is 14.7. The maximum Gasteiger partial charge on any atom is 0.259 e. The topological polar surface area (TPSA) is 20.3 Å². The van der Waals surface area contributed by atoms with Crippen molar-refractivity contribution in [2.45, 2.75) is 26.3 Å². The quantitative estimate of drug-likeness (QED) is 0.340. The molecule has 1 aliphatic rings. The monoisotopic (exact) mass is 401 g/mol. The second kappa shape index (κ2) is 6.08. The first-order valence-electron chi connectivity index (χ1n) is 8.15. The van der Waals surface area contributed by atoms with Gasteiger partial charge in [-0.15, -0.1) is 0 Å². The van der Waals surface area contributed by atoms with Gasteiger partial charge in [-0.3, -0.25) is 9.69 Å². The minimum atomic E-state index is -0.570. The smallest absolute Gasteiger partial charge is 0.259 e. The summed E-state index contributed by atoms with van der Waals surface area (Å²) in [5.41, 5.74) is 3.73. The summed E-state index contributed by atoms with van der Waals surface area (Å²) in [4.78, 5) is 16.2. The van der Waals surface area contributed by atoms with Gasteiger partial charge >= 0.3 is 0 Å². The highest BCUT2D eigenvalue weighted by Crippen LogP contribution is 2.52. The first kappa shape index (κ1) is 17.5. The number of anilines is 1. The molecule has 2 aromatic carbocycles. The molecule has 0 radical (unpaired) electrons. The van der Waals surface area contributed by atoms with Crippen LogP contribution < -0.4 is 4.90 Å². The number of hydrogen-bond acceptors (Lipinski definition) is 4. The molecule has 0 saturated heterocycles. The molecule has 132 valence electrons. The molecule has 0 aliphatic carbocycles. The SMILES string of the molecule is Cc1ccc2c(c1)-c1c(ssc1=S)C(C)(C)N2C(=O)c1cccc(F)c1. The molecular weight excluding hydrogens is 385 g/mol. The molecule has 2 heterocycles. The van der Waals surface area contributed by atoms with Crippen molar-refractivity contribution in [2.24, 2.45) is 0 Å². The lowest BCUT2D eigenvalue weighted by Crippen LogP contribution is -2.47. The van der Waals surface area contributed by atoms with Crippen LogP contribution in [0.5, 0.6) is 0 Å². The molecule has 0 saturated carbocycles. The minimum Gasteiger partial charge on any atom is -0.297 e. The average molecular weight is 402 g/mol. The third kappa shape index (κ3) is 2.55. The van der Waals surface area contributed by atoms with Crippen LogP contribution in [0, 0.1) is 16.6 Å². The van der Waals surface area contributed by atoms with Crippen molar-refractivity contribution in [1.29, 1.82) is 0 Å². The first-order valence-corrected chi connectivity index (χ1v) is 10.7. The van der Waals surface area contributed by atoms with E-state index in [-0.39, 0.29) is 5.91 Å². The zero-order valence-electron chi connectivity index (χ0n) is 14.5. The van der Waals surface area contributed by atoms with Crippen LogP contribution in [-0.4, -0.2) is 5.91 Å². The number of nitrogens with zero attached hydrogens (tertiary/aromatic N) is 1. The van der Waals surface area contributed by atoms with Crippen molar-refractivity contribution in [3.05, 3.63) is 68.1 Å². The molecule has 0 fully saturated rings. The molecule has 1 amide bonds. The van der Waals surface area contributed by atoms with E-state index in [2.05, 4.69) is 6.07 Å². The van der Waals surface area contributed by atoms with Crippen LogP contribution in [0.25, 0.3) is 11.1 Å². The molecule has 1 aromatic heterocycles. The van der Waals surface area contributed by atoms with Crippen LogP contribution in [-0.2, 0) is 5.54 Å². The maximum atomic E-state index is 13.7. The summed E-state index contributed by atoms with van der Waals surface area (Å²) in [6.45, 7) is 6.06. The standard InChI is InChI=1S/C20H16FNOS3/c1-11-7-8-15-14(9-11)16-17(25-26-19(16)24)20(2,3)22(15)18(23)12-5-4-6-13(21)10-12/h4-10H,1-3H3. The van der Waals surface area contributed by atoms with Crippen LogP contribution in [0.2, 0.25) is 0 Å². The number of amides is 1. The van der Waals surface area contributed by atoms with Gasteiger partial charge in [0.15, 0.2) is 0 Å². The number of benzene rings is 2. The van der Waals surface area contributed by atoms with Gasteiger partial charge in [0, 0.05) is 16.7 Å². The second-order valence-electron chi connectivity index (χ2n) is 6.89. The summed E-state index contributed by atoms with van der Waals surface area (Å²) in [7, 11) is 3.18. The van der Waals surface area contributed by atoms with Crippen molar-refractivity contribution in [1.82, 2.24) is 0 Å². The van der Waals surface area contributed by atoms with E-state index >= 15 is 0 Å². The van der Waals surface area contributed by atoms with Crippen molar-refractivity contribution in [2.75, 3.05) is 4.90 Å². The van der Waals surface area contributed by atoms with Crippen LogP contribution in [0.4, 0.5) is 10.1 Å². The summed E-state index contributed by atoms with van der Waals surface area (Å²) in [6.07, 6.45) is 0. The fourth-order valence-corrected chi connectivity index (χ4v) is 6.74. The molecule has 6 heteroatoms. The van der Waals surface area contributed by atoms with E-state index in [4.69, 9.17) is 12.2 Å². The molecule has 2 nitrogen and oxygen atoms in total. The molecule has 0 atom stereocenters. The first-order chi connectivity index (χ1) is 12.3. The third-order valence-corrected chi connectivity index (χ3v) is 8.01. The molecule has 0 unspecified atom stereocenters. The largest absolute Gasteiger partial charge is 0.297 e. The second-order valence-corrected chi connectivity index (χ2v) is 9.71. The van der Waals surface area contributed by atoms with Crippen molar-refractivity contribution in [3.63, 3.8) is 0 Å². The molecule has 3 aromatic rings. The highest BCUT2D eigenvalue weighted by molar-refractivity contribution is 7.80. The Morgan fingerprint density at radius 1 is 1.15 bits per heavy atom. The zero-order valence-corrected chi connectivity index (χ0v) is 16.9. The summed E-state index contributed by atoms with van der Waals surface area (Å²) < 4.78 is 14.5. The number of rotatable bonds is 1. The van der Waals surface area contributed by atoms with Crippen molar-refractivity contribution in [3.8, 4) is 11.1 Å². The van der Waals surface area contributed by atoms with Gasteiger partial charge < -0.3 is 0 Å². The van der Waals surface area contributed by atoms with Crippen LogP contribution in [0.3, 0.4) is 0 Å². The number of aryl methyl sites for hydroxylation is 1. The fourth-order valence-electron chi connectivity index (χ4n) is 3.46. The van der Waals surface area contributed by atoms with Crippen molar-refractivity contribution < 1.29 is 9.18 Å². The predicted molar refractivity (Wildman–Crippen MR) is 109 cm³/mol. The Kier molecular flexibility index (Phi) is 4.10. The van der Waals surface area contributed by atoms with E-state index in [1.807, 2.05) is 32.9 Å². The Balaban J connectivity index is 1.99. The molecular formula is C20H16FNOS3. The molecule has 0 N–H and O–H groups in total. The Morgan fingerprint density at radius 2 is 1.92 bits per heavy atom. The van der Waals surface area contributed by atoms with E-state index in [1.54, 1.807) is 37.7 Å². The van der Waals surface area contributed by atoms with Crippen LogP contribution in [0.15, 0.2) is 42.5 Å². The Bertz CT molecular complexity index is 1100. The van der Waals surface area contributed by atoms with E-state index in [9.17, 15) is 9.18 Å².